The highest BCUT2D eigenvalue weighted by molar-refractivity contribution is 7.99. The molecule has 2 heterocycles. The number of aryl methyl sites for hydroxylation is 2. The number of rotatable bonds is 5. The summed E-state index contributed by atoms with van der Waals surface area (Å²) in [5.41, 5.74) is 7.19. The Bertz CT molecular complexity index is 851. The van der Waals surface area contributed by atoms with Crippen LogP contribution in [0.25, 0.3) is 10.2 Å². The van der Waals surface area contributed by atoms with E-state index in [1.165, 1.54) is 22.7 Å². The molecule has 0 saturated carbocycles. The van der Waals surface area contributed by atoms with Gasteiger partial charge in [0.05, 0.1) is 12.0 Å². The van der Waals surface area contributed by atoms with Crippen molar-refractivity contribution in [3.8, 4) is 5.75 Å². The Balaban J connectivity index is 1.65. The quantitative estimate of drug-likeness (QED) is 0.425. The number of halogens is 1. The summed E-state index contributed by atoms with van der Waals surface area (Å²) < 4.78 is 18.9. The number of nitrogens with zero attached hydrogens (tertiary/aromatic N) is 2. The van der Waals surface area contributed by atoms with Gasteiger partial charge < -0.3 is 10.5 Å². The van der Waals surface area contributed by atoms with E-state index < -0.39 is 0 Å². The largest absolute Gasteiger partial charge is 0.490 e. The van der Waals surface area contributed by atoms with E-state index in [-0.39, 0.29) is 11.6 Å². The number of hydrogen-bond acceptors (Lipinski definition) is 6. The average Bonchev–Trinajstić information content (AvgIpc) is 2.80. The first-order chi connectivity index (χ1) is 11.1. The molecular formula is C16H16FN3OS2. The Hall–Kier alpha value is -1.86. The molecule has 0 aliphatic carbocycles. The van der Waals surface area contributed by atoms with Crippen molar-refractivity contribution in [1.29, 1.82) is 0 Å². The first-order valence-corrected chi connectivity index (χ1v) is 8.90. The standard InChI is InChI=1S/C16H16FN3OS2/c1-9-10(2)23-15-13(9)14(18)19-16(20-15)22-8-7-21-12-6-4-3-5-11(12)17/h3-6H,7-8H2,1-2H3,(H2,18,19,20). The van der Waals surface area contributed by atoms with Crippen LogP contribution in [0.2, 0.25) is 0 Å². The van der Waals surface area contributed by atoms with Crippen molar-refractivity contribution < 1.29 is 9.13 Å². The smallest absolute Gasteiger partial charge is 0.191 e. The minimum Gasteiger partial charge on any atom is -0.490 e. The summed E-state index contributed by atoms with van der Waals surface area (Å²) in [6.07, 6.45) is 0. The number of hydrogen-bond donors (Lipinski definition) is 1. The Morgan fingerprint density at radius 3 is 2.83 bits per heavy atom. The van der Waals surface area contributed by atoms with Crippen molar-refractivity contribution >= 4 is 39.1 Å². The SMILES string of the molecule is Cc1sc2nc(SCCOc3ccccc3F)nc(N)c2c1C. The van der Waals surface area contributed by atoms with Gasteiger partial charge in [-0.3, -0.25) is 0 Å². The molecule has 0 saturated heterocycles. The van der Waals surface area contributed by atoms with E-state index in [9.17, 15) is 4.39 Å². The summed E-state index contributed by atoms with van der Waals surface area (Å²) in [5, 5.41) is 1.56. The van der Waals surface area contributed by atoms with Gasteiger partial charge in [-0.05, 0) is 31.5 Å². The van der Waals surface area contributed by atoms with Crippen LogP contribution in [0.1, 0.15) is 10.4 Å². The van der Waals surface area contributed by atoms with Crippen LogP contribution in [0.3, 0.4) is 0 Å². The lowest BCUT2D eigenvalue weighted by molar-refractivity contribution is 0.325. The number of para-hydroxylation sites is 1. The van der Waals surface area contributed by atoms with Gasteiger partial charge in [-0.2, -0.15) is 0 Å². The third kappa shape index (κ3) is 3.40. The Kier molecular flexibility index (Phi) is 4.68. The summed E-state index contributed by atoms with van der Waals surface area (Å²) in [6, 6.07) is 6.36. The molecule has 7 heteroatoms. The molecule has 0 amide bonds. The van der Waals surface area contributed by atoms with Gasteiger partial charge in [0, 0.05) is 10.6 Å². The summed E-state index contributed by atoms with van der Waals surface area (Å²) in [5.74, 6) is 1.02. The molecule has 0 aliphatic rings. The molecule has 0 unspecified atom stereocenters. The molecule has 2 N–H and O–H groups in total. The predicted molar refractivity (Wildman–Crippen MR) is 93.9 cm³/mol. The van der Waals surface area contributed by atoms with E-state index >= 15 is 0 Å². The van der Waals surface area contributed by atoms with Gasteiger partial charge in [0.1, 0.15) is 10.6 Å². The van der Waals surface area contributed by atoms with Gasteiger partial charge in [0.15, 0.2) is 16.7 Å². The Morgan fingerprint density at radius 2 is 2.04 bits per heavy atom. The van der Waals surface area contributed by atoms with Crippen LogP contribution in [-0.2, 0) is 0 Å². The van der Waals surface area contributed by atoms with Crippen molar-refractivity contribution in [2.45, 2.75) is 19.0 Å². The topological polar surface area (TPSA) is 61.0 Å². The molecule has 0 spiro atoms. The fourth-order valence-corrected chi connectivity index (χ4v) is 3.93. The highest BCUT2D eigenvalue weighted by Crippen LogP contribution is 2.33. The summed E-state index contributed by atoms with van der Waals surface area (Å²) in [4.78, 5) is 11.0. The maximum atomic E-state index is 13.4. The monoisotopic (exact) mass is 349 g/mol. The lowest BCUT2D eigenvalue weighted by atomic mass is 10.2. The molecule has 0 atom stereocenters. The Morgan fingerprint density at radius 1 is 1.26 bits per heavy atom. The second-order valence-corrected chi connectivity index (χ2v) is 7.25. The maximum absolute atomic E-state index is 13.4. The van der Waals surface area contributed by atoms with Crippen molar-refractivity contribution in [2.75, 3.05) is 18.1 Å². The number of aromatic nitrogens is 2. The molecule has 3 rings (SSSR count). The second-order valence-electron chi connectivity index (χ2n) is 4.98. The molecule has 0 radical (unpaired) electrons. The molecule has 2 aromatic heterocycles. The van der Waals surface area contributed by atoms with E-state index in [1.54, 1.807) is 29.5 Å². The number of anilines is 1. The molecule has 3 aromatic rings. The number of ether oxygens (including phenoxy) is 1. The molecule has 120 valence electrons. The van der Waals surface area contributed by atoms with Gasteiger partial charge in [-0.25, -0.2) is 14.4 Å². The fraction of sp³-hybridized carbons (Fsp3) is 0.250. The molecule has 4 nitrogen and oxygen atoms in total. The van der Waals surface area contributed by atoms with Crippen LogP contribution in [-0.4, -0.2) is 22.3 Å². The zero-order chi connectivity index (χ0) is 16.4. The van der Waals surface area contributed by atoms with Gasteiger partial charge in [0.2, 0.25) is 0 Å². The van der Waals surface area contributed by atoms with Gasteiger partial charge >= 0.3 is 0 Å². The number of benzene rings is 1. The Labute approximate surface area is 141 Å². The van der Waals surface area contributed by atoms with Crippen LogP contribution >= 0.6 is 23.1 Å². The number of thiophene rings is 1. The molecule has 1 aromatic carbocycles. The minimum absolute atomic E-state index is 0.258. The number of thioether (sulfide) groups is 1. The predicted octanol–water partition coefficient (Wildman–Crippen LogP) is 4.20. The van der Waals surface area contributed by atoms with E-state index in [2.05, 4.69) is 16.9 Å². The van der Waals surface area contributed by atoms with Gasteiger partial charge in [0.25, 0.3) is 0 Å². The van der Waals surface area contributed by atoms with Crippen LogP contribution < -0.4 is 10.5 Å². The number of fused-ring (bicyclic) bond motifs is 1. The number of nitrogens with two attached hydrogens (primary N) is 1. The van der Waals surface area contributed by atoms with Crippen molar-refractivity contribution in [3.63, 3.8) is 0 Å². The highest BCUT2D eigenvalue weighted by atomic mass is 32.2. The normalized spacial score (nSPS) is 11.1. The van der Waals surface area contributed by atoms with Crippen molar-refractivity contribution in [2.24, 2.45) is 0 Å². The van der Waals surface area contributed by atoms with Crippen LogP contribution in [0.4, 0.5) is 10.2 Å². The zero-order valence-electron chi connectivity index (χ0n) is 12.8. The van der Waals surface area contributed by atoms with E-state index in [1.807, 2.05) is 6.92 Å². The first-order valence-electron chi connectivity index (χ1n) is 7.09. The number of nitrogen functional groups attached to an aromatic ring is 1. The van der Waals surface area contributed by atoms with Crippen LogP contribution in [0.15, 0.2) is 29.4 Å². The third-order valence-corrected chi connectivity index (χ3v) is 5.36. The summed E-state index contributed by atoms with van der Waals surface area (Å²) >= 11 is 3.07. The van der Waals surface area contributed by atoms with Gasteiger partial charge in [-0.15, -0.1) is 11.3 Å². The molecule has 0 aliphatic heterocycles. The second kappa shape index (κ2) is 6.72. The molecule has 0 fully saturated rings. The van der Waals surface area contributed by atoms with Crippen molar-refractivity contribution in [3.05, 3.63) is 40.5 Å². The lowest BCUT2D eigenvalue weighted by Crippen LogP contribution is -2.03. The molecular weight excluding hydrogens is 333 g/mol. The summed E-state index contributed by atoms with van der Waals surface area (Å²) in [6.45, 7) is 4.45. The van der Waals surface area contributed by atoms with E-state index in [0.29, 0.717) is 23.3 Å². The third-order valence-electron chi connectivity index (χ3n) is 3.44. The van der Waals surface area contributed by atoms with E-state index in [4.69, 9.17) is 10.5 Å². The average molecular weight is 349 g/mol. The van der Waals surface area contributed by atoms with Gasteiger partial charge in [-0.1, -0.05) is 23.9 Å². The van der Waals surface area contributed by atoms with E-state index in [0.717, 1.165) is 15.8 Å². The fourth-order valence-electron chi connectivity index (χ4n) is 2.17. The summed E-state index contributed by atoms with van der Waals surface area (Å²) in [7, 11) is 0. The zero-order valence-corrected chi connectivity index (χ0v) is 14.4. The maximum Gasteiger partial charge on any atom is 0.191 e. The minimum atomic E-state index is -0.357. The van der Waals surface area contributed by atoms with Crippen molar-refractivity contribution in [1.82, 2.24) is 9.97 Å². The van der Waals surface area contributed by atoms with Crippen LogP contribution in [0.5, 0.6) is 5.75 Å². The first kappa shape index (κ1) is 16.0. The molecule has 23 heavy (non-hydrogen) atoms. The van der Waals surface area contributed by atoms with Crippen LogP contribution in [0, 0.1) is 19.7 Å². The molecule has 0 bridgehead atoms. The lowest BCUT2D eigenvalue weighted by Gasteiger charge is -2.06. The highest BCUT2D eigenvalue weighted by Gasteiger charge is 2.12.